The predicted molar refractivity (Wildman–Crippen MR) is 53.7 cm³/mol. The molecule has 4 N–H and O–H groups in total. The van der Waals surface area contributed by atoms with Crippen LogP contribution in [0.15, 0.2) is 0 Å². The Hall–Kier alpha value is -0.160. The summed E-state index contributed by atoms with van der Waals surface area (Å²) in [6.07, 6.45) is 2.55. The second-order valence-corrected chi connectivity index (χ2v) is 4.05. The molecule has 14 heavy (non-hydrogen) atoms. The van der Waals surface area contributed by atoms with Crippen molar-refractivity contribution in [3.63, 3.8) is 0 Å². The van der Waals surface area contributed by atoms with Gasteiger partial charge >= 0.3 is 0 Å². The Morgan fingerprint density at radius 1 is 1.00 bits per heavy atom. The van der Waals surface area contributed by atoms with Crippen molar-refractivity contribution in [2.75, 3.05) is 0 Å². The van der Waals surface area contributed by atoms with Crippen molar-refractivity contribution in [1.29, 1.82) is 0 Å². The van der Waals surface area contributed by atoms with E-state index in [1.807, 2.05) is 0 Å². The number of nitrogens with one attached hydrogen (secondary N) is 1. The monoisotopic (exact) mass is 203 g/mol. The molecule has 0 unspecified atom stereocenters. The number of unbranched alkanes of at least 4 members (excludes halogenated alkanes) is 3. The maximum Gasteiger partial charge on any atom is 0.134 e. The number of aliphatic hydroxyl groups is 3. The molecule has 0 radical (unpaired) electrons. The molecule has 4 atom stereocenters. The lowest BCUT2D eigenvalue weighted by atomic mass is 10.0. The molecule has 0 saturated carbocycles. The van der Waals surface area contributed by atoms with Gasteiger partial charge in [-0.1, -0.05) is 32.6 Å². The van der Waals surface area contributed by atoms with E-state index < -0.39 is 18.4 Å². The van der Waals surface area contributed by atoms with Crippen LogP contribution in [0.25, 0.3) is 0 Å². The summed E-state index contributed by atoms with van der Waals surface area (Å²) in [7, 11) is 0. The van der Waals surface area contributed by atoms with E-state index in [2.05, 4.69) is 12.2 Å². The average molecular weight is 203 g/mol. The molecule has 0 spiro atoms. The summed E-state index contributed by atoms with van der Waals surface area (Å²) in [6.45, 7) is 2.15. The lowest BCUT2D eigenvalue weighted by Crippen LogP contribution is -2.32. The first-order valence-corrected chi connectivity index (χ1v) is 5.47. The molecular weight excluding hydrogens is 182 g/mol. The van der Waals surface area contributed by atoms with Gasteiger partial charge in [0.2, 0.25) is 0 Å². The Kier molecular flexibility index (Phi) is 4.81. The number of aliphatic hydroxyl groups excluding tert-OH is 3. The molecule has 1 heterocycles. The largest absolute Gasteiger partial charge is 0.389 e. The van der Waals surface area contributed by atoms with E-state index in [-0.39, 0.29) is 6.04 Å². The molecule has 0 aliphatic carbocycles. The van der Waals surface area contributed by atoms with E-state index >= 15 is 0 Å². The van der Waals surface area contributed by atoms with Crippen molar-refractivity contribution in [2.24, 2.45) is 0 Å². The molecule has 0 bridgehead atoms. The van der Waals surface area contributed by atoms with Crippen LogP contribution in [0.1, 0.15) is 39.0 Å². The van der Waals surface area contributed by atoms with Crippen LogP contribution < -0.4 is 5.32 Å². The highest BCUT2D eigenvalue weighted by atomic mass is 16.4. The Morgan fingerprint density at radius 3 is 2.21 bits per heavy atom. The molecule has 1 rings (SSSR count). The Bertz CT molecular complexity index is 165. The fraction of sp³-hybridized carbons (Fsp3) is 1.00. The first-order chi connectivity index (χ1) is 6.66. The van der Waals surface area contributed by atoms with Crippen molar-refractivity contribution in [1.82, 2.24) is 5.32 Å². The van der Waals surface area contributed by atoms with Crippen molar-refractivity contribution in [3.05, 3.63) is 0 Å². The van der Waals surface area contributed by atoms with Crippen LogP contribution in [0, 0.1) is 0 Å². The fourth-order valence-corrected chi connectivity index (χ4v) is 1.89. The molecule has 84 valence electrons. The maximum atomic E-state index is 9.51. The molecule has 1 saturated heterocycles. The summed E-state index contributed by atoms with van der Waals surface area (Å²) in [4.78, 5) is 0. The van der Waals surface area contributed by atoms with Crippen molar-refractivity contribution < 1.29 is 15.3 Å². The number of hydrogen-bond acceptors (Lipinski definition) is 4. The van der Waals surface area contributed by atoms with Crippen molar-refractivity contribution >= 4 is 0 Å². The zero-order chi connectivity index (χ0) is 10.6. The van der Waals surface area contributed by atoms with Gasteiger partial charge in [0, 0.05) is 6.04 Å². The van der Waals surface area contributed by atoms with Gasteiger partial charge in [0.1, 0.15) is 12.3 Å². The highest BCUT2D eigenvalue weighted by molar-refractivity contribution is 4.92. The smallest absolute Gasteiger partial charge is 0.134 e. The minimum atomic E-state index is -1.04. The van der Waals surface area contributed by atoms with Gasteiger partial charge in [0.25, 0.3) is 0 Å². The number of rotatable bonds is 5. The van der Waals surface area contributed by atoms with Crippen molar-refractivity contribution in [2.45, 2.75) is 63.5 Å². The molecule has 4 nitrogen and oxygen atoms in total. The lowest BCUT2D eigenvalue weighted by molar-refractivity contribution is -0.0241. The van der Waals surface area contributed by atoms with E-state index in [9.17, 15) is 15.3 Å². The summed E-state index contributed by atoms with van der Waals surface area (Å²) in [5.41, 5.74) is 0. The quantitative estimate of drug-likeness (QED) is 0.473. The van der Waals surface area contributed by atoms with Crippen LogP contribution in [0.2, 0.25) is 0 Å². The first kappa shape index (κ1) is 11.9. The summed E-state index contributed by atoms with van der Waals surface area (Å²) >= 11 is 0. The summed E-state index contributed by atoms with van der Waals surface area (Å²) in [5.74, 6) is 0. The van der Waals surface area contributed by atoms with Gasteiger partial charge in [-0.2, -0.15) is 0 Å². The summed E-state index contributed by atoms with van der Waals surface area (Å²) < 4.78 is 0. The normalized spacial score (nSPS) is 37.7. The minimum absolute atomic E-state index is 0.156. The van der Waals surface area contributed by atoms with E-state index in [4.69, 9.17) is 0 Å². The molecule has 1 aliphatic heterocycles. The van der Waals surface area contributed by atoms with Gasteiger partial charge in [-0.25, -0.2) is 0 Å². The van der Waals surface area contributed by atoms with E-state index in [0.717, 1.165) is 19.3 Å². The topological polar surface area (TPSA) is 72.7 Å². The first-order valence-electron chi connectivity index (χ1n) is 5.47. The highest BCUT2D eigenvalue weighted by Gasteiger charge is 2.39. The molecule has 0 aromatic rings. The molecule has 0 aromatic carbocycles. The second-order valence-electron chi connectivity index (χ2n) is 4.05. The van der Waals surface area contributed by atoms with Crippen LogP contribution in [0.3, 0.4) is 0 Å². The number of hydrogen-bond donors (Lipinski definition) is 4. The van der Waals surface area contributed by atoms with Crippen LogP contribution in [-0.4, -0.2) is 39.8 Å². The molecule has 1 fully saturated rings. The standard InChI is InChI=1S/C10H21NO3/c1-2-3-4-5-6-7-8(12)9(13)10(14)11-7/h7-14H,2-6H2,1H3/t7-,8-,9+,10-/m0/s1. The van der Waals surface area contributed by atoms with Gasteiger partial charge in [0.15, 0.2) is 0 Å². The zero-order valence-electron chi connectivity index (χ0n) is 8.69. The van der Waals surface area contributed by atoms with E-state index in [0.29, 0.717) is 0 Å². The second kappa shape index (κ2) is 5.66. The van der Waals surface area contributed by atoms with Crippen LogP contribution in [0.4, 0.5) is 0 Å². The molecule has 0 amide bonds. The van der Waals surface area contributed by atoms with Crippen LogP contribution in [0.5, 0.6) is 0 Å². The maximum absolute atomic E-state index is 9.51. The molecule has 4 heteroatoms. The zero-order valence-corrected chi connectivity index (χ0v) is 8.69. The van der Waals surface area contributed by atoms with E-state index in [1.54, 1.807) is 0 Å². The van der Waals surface area contributed by atoms with Gasteiger partial charge in [-0.05, 0) is 6.42 Å². The molecule has 1 aliphatic rings. The third-order valence-electron chi connectivity index (χ3n) is 2.84. The third-order valence-corrected chi connectivity index (χ3v) is 2.84. The van der Waals surface area contributed by atoms with Crippen LogP contribution >= 0.6 is 0 Å². The average Bonchev–Trinajstić information content (AvgIpc) is 2.41. The van der Waals surface area contributed by atoms with Crippen LogP contribution in [-0.2, 0) is 0 Å². The summed E-state index contributed by atoms with van der Waals surface area (Å²) in [5, 5.41) is 30.8. The van der Waals surface area contributed by atoms with Gasteiger partial charge in [0.05, 0.1) is 6.10 Å². The Balaban J connectivity index is 2.19. The Labute approximate surface area is 85.0 Å². The lowest BCUT2D eigenvalue weighted by Gasteiger charge is -2.14. The van der Waals surface area contributed by atoms with E-state index in [1.165, 1.54) is 12.8 Å². The van der Waals surface area contributed by atoms with Crippen molar-refractivity contribution in [3.8, 4) is 0 Å². The fourth-order valence-electron chi connectivity index (χ4n) is 1.89. The highest BCUT2D eigenvalue weighted by Crippen LogP contribution is 2.18. The molecular formula is C10H21NO3. The van der Waals surface area contributed by atoms with Gasteiger partial charge in [-0.3, -0.25) is 5.32 Å². The minimum Gasteiger partial charge on any atom is -0.389 e. The summed E-state index contributed by atoms with van der Waals surface area (Å²) in [6, 6.07) is -0.156. The predicted octanol–water partition coefficient (Wildman–Crippen LogP) is -0.0312. The van der Waals surface area contributed by atoms with Gasteiger partial charge in [-0.15, -0.1) is 0 Å². The SMILES string of the molecule is CCCCCC[C@@H]1N[C@@H](O)[C@H](O)[C@H]1O. The third kappa shape index (κ3) is 2.92. The Morgan fingerprint density at radius 2 is 1.71 bits per heavy atom. The molecule has 0 aromatic heterocycles. The van der Waals surface area contributed by atoms with Gasteiger partial charge < -0.3 is 15.3 Å².